The molecule has 222 valence electrons. The summed E-state index contributed by atoms with van der Waals surface area (Å²) in [4.78, 5) is 22.7. The lowest BCUT2D eigenvalue weighted by Gasteiger charge is -2.33. The van der Waals surface area contributed by atoms with E-state index in [-0.39, 0.29) is 11.3 Å². The Kier molecular flexibility index (Phi) is 9.90. The number of benzene rings is 3. The fourth-order valence-electron chi connectivity index (χ4n) is 4.63. The lowest BCUT2D eigenvalue weighted by Crippen LogP contribution is -2.36. The minimum absolute atomic E-state index is 0.0167. The molecule has 0 aliphatic carbocycles. The van der Waals surface area contributed by atoms with Gasteiger partial charge in [-0.05, 0) is 92.3 Å². The lowest BCUT2D eigenvalue weighted by molar-refractivity contribution is -0.131. The smallest absolute Gasteiger partial charge is 0.339 e. The van der Waals surface area contributed by atoms with Gasteiger partial charge in [-0.1, -0.05) is 23.9 Å². The maximum absolute atomic E-state index is 12.0. The van der Waals surface area contributed by atoms with E-state index in [2.05, 4.69) is 5.32 Å². The zero-order valence-corrected chi connectivity index (χ0v) is 25.1. The van der Waals surface area contributed by atoms with Gasteiger partial charge in [0.25, 0.3) is 0 Å². The minimum Gasteiger partial charge on any atom is -0.490 e. The summed E-state index contributed by atoms with van der Waals surface area (Å²) >= 11 is 1.52. The van der Waals surface area contributed by atoms with Gasteiger partial charge in [-0.2, -0.15) is 0 Å². The summed E-state index contributed by atoms with van der Waals surface area (Å²) in [6.45, 7) is 10.8. The Morgan fingerprint density at radius 1 is 0.738 bits per heavy atom. The molecule has 4 rings (SSSR count). The number of aromatic carboxylic acids is 1. The number of thioether (sulfide) groups is 1. The molecule has 1 aliphatic rings. The Morgan fingerprint density at radius 2 is 1.24 bits per heavy atom. The highest BCUT2D eigenvalue weighted by Gasteiger charge is 2.41. The Balaban J connectivity index is 1.84. The highest BCUT2D eigenvalue weighted by Crippen LogP contribution is 2.51. The van der Waals surface area contributed by atoms with Crippen molar-refractivity contribution < 1.29 is 38.4 Å². The molecule has 1 heterocycles. The third-order valence-electron chi connectivity index (χ3n) is 6.34. The van der Waals surface area contributed by atoms with Crippen molar-refractivity contribution in [2.75, 3.05) is 26.4 Å². The second-order valence-electron chi connectivity index (χ2n) is 9.12. The van der Waals surface area contributed by atoms with Crippen LogP contribution in [-0.2, 0) is 9.67 Å². The van der Waals surface area contributed by atoms with Crippen LogP contribution in [0.2, 0.25) is 0 Å². The van der Waals surface area contributed by atoms with Gasteiger partial charge in [0.05, 0.1) is 26.4 Å². The standard InChI is InChI=1S/C32H35NO8S/c1-6-37-27-14-11-22(17-29(27)39-8-3)32(23-12-15-28(38-7-2)30(18-23)40-9-4)33-25(19-42-32)21-10-13-26(41-20(5)34)24(16-21)31(35)36/h10-19,33H,6-9H2,1-5H3,(H,35,36). The number of carbonyl (C=O) groups is 2. The Bertz CT molecular complexity index is 1430. The predicted molar refractivity (Wildman–Crippen MR) is 162 cm³/mol. The van der Waals surface area contributed by atoms with Crippen LogP contribution in [0.3, 0.4) is 0 Å². The normalized spacial score (nSPS) is 13.5. The second kappa shape index (κ2) is 13.6. The maximum Gasteiger partial charge on any atom is 0.339 e. The highest BCUT2D eigenvalue weighted by atomic mass is 32.2. The van der Waals surface area contributed by atoms with Crippen molar-refractivity contribution in [3.8, 4) is 28.7 Å². The lowest BCUT2D eigenvalue weighted by atomic mass is 9.95. The minimum atomic E-state index is -1.20. The molecule has 3 aromatic carbocycles. The van der Waals surface area contributed by atoms with Crippen LogP contribution in [0.4, 0.5) is 0 Å². The SMILES string of the molecule is CCOc1ccc(C2(c3ccc(OCC)c(OCC)c3)NC(c3ccc(OC(C)=O)c(C(=O)O)c3)=CS2)cc1OCC. The highest BCUT2D eigenvalue weighted by molar-refractivity contribution is 8.03. The van der Waals surface area contributed by atoms with Gasteiger partial charge in [0, 0.05) is 12.6 Å². The second-order valence-corrected chi connectivity index (χ2v) is 10.2. The number of esters is 1. The maximum atomic E-state index is 12.0. The Labute approximate surface area is 249 Å². The van der Waals surface area contributed by atoms with E-state index in [1.165, 1.54) is 30.8 Å². The average molecular weight is 594 g/mol. The number of carboxylic acid groups (broad SMARTS) is 1. The Hall–Kier alpha value is -4.31. The third-order valence-corrected chi connectivity index (χ3v) is 7.62. The summed E-state index contributed by atoms with van der Waals surface area (Å²) in [7, 11) is 0. The molecule has 9 nitrogen and oxygen atoms in total. The van der Waals surface area contributed by atoms with Crippen molar-refractivity contribution in [1.29, 1.82) is 0 Å². The average Bonchev–Trinajstić information content (AvgIpc) is 3.42. The van der Waals surface area contributed by atoms with E-state index in [9.17, 15) is 14.7 Å². The van der Waals surface area contributed by atoms with E-state index in [0.29, 0.717) is 60.7 Å². The van der Waals surface area contributed by atoms with Gasteiger partial charge in [-0.25, -0.2) is 4.79 Å². The number of nitrogens with one attached hydrogen (secondary N) is 1. The molecule has 10 heteroatoms. The molecule has 0 fully saturated rings. The van der Waals surface area contributed by atoms with Crippen molar-refractivity contribution in [2.24, 2.45) is 0 Å². The predicted octanol–water partition coefficient (Wildman–Crippen LogP) is 6.44. The molecule has 0 saturated carbocycles. The summed E-state index contributed by atoms with van der Waals surface area (Å²) in [5, 5.41) is 15.4. The van der Waals surface area contributed by atoms with Crippen LogP contribution in [0.5, 0.6) is 28.7 Å². The summed E-state index contributed by atoms with van der Waals surface area (Å²) in [6.07, 6.45) is 0. The number of carbonyl (C=O) groups excluding carboxylic acids is 1. The quantitative estimate of drug-likeness (QED) is 0.170. The van der Waals surface area contributed by atoms with Crippen molar-refractivity contribution >= 4 is 29.4 Å². The number of hydrogen-bond acceptors (Lipinski definition) is 9. The molecule has 0 saturated heterocycles. The van der Waals surface area contributed by atoms with Gasteiger partial charge in [0.15, 0.2) is 23.0 Å². The molecular weight excluding hydrogens is 558 g/mol. The molecular formula is C32H35NO8S. The van der Waals surface area contributed by atoms with E-state index >= 15 is 0 Å². The number of rotatable bonds is 13. The molecule has 2 N–H and O–H groups in total. The molecule has 3 aromatic rings. The van der Waals surface area contributed by atoms with E-state index in [4.69, 9.17) is 23.7 Å². The number of carboxylic acids is 1. The van der Waals surface area contributed by atoms with Crippen LogP contribution in [-0.4, -0.2) is 43.5 Å². The molecule has 0 radical (unpaired) electrons. The molecule has 0 atom stereocenters. The van der Waals surface area contributed by atoms with Crippen molar-refractivity contribution in [1.82, 2.24) is 5.32 Å². The number of ether oxygens (including phenoxy) is 5. The monoisotopic (exact) mass is 593 g/mol. The van der Waals surface area contributed by atoms with Gasteiger partial charge in [0.1, 0.15) is 16.2 Å². The van der Waals surface area contributed by atoms with E-state index < -0.39 is 16.8 Å². The van der Waals surface area contributed by atoms with Gasteiger partial charge in [-0.15, -0.1) is 0 Å². The molecule has 42 heavy (non-hydrogen) atoms. The van der Waals surface area contributed by atoms with Crippen LogP contribution >= 0.6 is 11.8 Å². The van der Waals surface area contributed by atoms with Gasteiger partial charge in [-0.3, -0.25) is 4.79 Å². The zero-order valence-electron chi connectivity index (χ0n) is 24.3. The van der Waals surface area contributed by atoms with Gasteiger partial charge < -0.3 is 34.1 Å². The van der Waals surface area contributed by atoms with Crippen LogP contribution in [0, 0.1) is 0 Å². The topological polar surface area (TPSA) is 113 Å². The Morgan fingerprint density at radius 3 is 1.71 bits per heavy atom. The molecule has 0 bridgehead atoms. The summed E-state index contributed by atoms with van der Waals surface area (Å²) < 4.78 is 28.6. The summed E-state index contributed by atoms with van der Waals surface area (Å²) in [6, 6.07) is 16.3. The van der Waals surface area contributed by atoms with Crippen LogP contribution in [0.1, 0.15) is 61.7 Å². The van der Waals surface area contributed by atoms with Crippen molar-refractivity contribution in [2.45, 2.75) is 39.5 Å². The zero-order chi connectivity index (χ0) is 30.3. The van der Waals surface area contributed by atoms with Crippen LogP contribution < -0.4 is 29.0 Å². The van der Waals surface area contributed by atoms with Crippen LogP contribution in [0.15, 0.2) is 60.0 Å². The van der Waals surface area contributed by atoms with Crippen molar-refractivity contribution in [3.05, 3.63) is 82.3 Å². The summed E-state index contributed by atoms with van der Waals surface area (Å²) in [5.41, 5.74) is 2.95. The van der Waals surface area contributed by atoms with E-state index in [0.717, 1.165) is 11.1 Å². The largest absolute Gasteiger partial charge is 0.490 e. The van der Waals surface area contributed by atoms with Gasteiger partial charge >= 0.3 is 11.9 Å². The molecule has 0 amide bonds. The first kappa shape index (κ1) is 30.6. The van der Waals surface area contributed by atoms with Gasteiger partial charge in [0.2, 0.25) is 0 Å². The fraction of sp³-hybridized carbons (Fsp3) is 0.312. The summed E-state index contributed by atoms with van der Waals surface area (Å²) in [5.74, 6) is 0.693. The van der Waals surface area contributed by atoms with Crippen LogP contribution in [0.25, 0.3) is 5.70 Å². The number of hydrogen-bond donors (Lipinski definition) is 2. The first-order valence-electron chi connectivity index (χ1n) is 13.8. The molecule has 1 aliphatic heterocycles. The molecule has 0 aromatic heterocycles. The first-order valence-corrected chi connectivity index (χ1v) is 14.7. The third kappa shape index (κ3) is 6.44. The van der Waals surface area contributed by atoms with Crippen molar-refractivity contribution in [3.63, 3.8) is 0 Å². The first-order chi connectivity index (χ1) is 20.3. The fourth-order valence-corrected chi connectivity index (χ4v) is 5.82. The molecule has 0 unspecified atom stereocenters. The van der Waals surface area contributed by atoms with E-state index in [1.807, 2.05) is 69.5 Å². The molecule has 0 spiro atoms. The van der Waals surface area contributed by atoms with E-state index in [1.54, 1.807) is 6.07 Å².